The SMILES string of the molecule is O=C(c1ccccc1)c1ccc(C2Sc3ccccc3NC2=O)cc1. The van der Waals surface area contributed by atoms with Crippen LogP contribution in [0.15, 0.2) is 83.8 Å². The first kappa shape index (κ1) is 15.7. The molecule has 0 aromatic heterocycles. The summed E-state index contributed by atoms with van der Waals surface area (Å²) in [4.78, 5) is 25.9. The van der Waals surface area contributed by atoms with Crippen molar-refractivity contribution < 1.29 is 9.59 Å². The Morgan fingerprint density at radius 3 is 2.20 bits per heavy atom. The summed E-state index contributed by atoms with van der Waals surface area (Å²) >= 11 is 1.53. The summed E-state index contributed by atoms with van der Waals surface area (Å²) < 4.78 is 0. The molecule has 0 fully saturated rings. The molecule has 0 saturated heterocycles. The maximum absolute atomic E-state index is 12.5. The number of fused-ring (bicyclic) bond motifs is 1. The van der Waals surface area contributed by atoms with Gasteiger partial charge in [-0.1, -0.05) is 66.7 Å². The number of anilines is 1. The average molecular weight is 345 g/mol. The van der Waals surface area contributed by atoms with E-state index in [1.54, 1.807) is 24.3 Å². The minimum Gasteiger partial charge on any atom is -0.324 e. The molecule has 1 aliphatic rings. The molecule has 0 bridgehead atoms. The van der Waals surface area contributed by atoms with E-state index in [2.05, 4.69) is 5.32 Å². The van der Waals surface area contributed by atoms with Gasteiger partial charge in [0.15, 0.2) is 5.78 Å². The molecule has 0 aliphatic carbocycles. The van der Waals surface area contributed by atoms with Crippen molar-refractivity contribution in [3.63, 3.8) is 0 Å². The van der Waals surface area contributed by atoms with E-state index in [0.29, 0.717) is 11.1 Å². The molecule has 1 N–H and O–H groups in total. The van der Waals surface area contributed by atoms with Crippen LogP contribution in [0.4, 0.5) is 5.69 Å². The largest absolute Gasteiger partial charge is 0.324 e. The predicted octanol–water partition coefficient (Wildman–Crippen LogP) is 4.70. The molecule has 122 valence electrons. The Labute approximate surface area is 150 Å². The molecule has 0 saturated carbocycles. The monoisotopic (exact) mass is 345 g/mol. The fraction of sp³-hybridized carbons (Fsp3) is 0.0476. The van der Waals surface area contributed by atoms with Gasteiger partial charge in [0, 0.05) is 16.0 Å². The lowest BCUT2D eigenvalue weighted by Gasteiger charge is -2.24. The molecule has 1 unspecified atom stereocenters. The standard InChI is InChI=1S/C21H15NO2S/c23-19(14-6-2-1-3-7-14)15-10-12-16(13-11-15)20-21(24)22-17-8-4-5-9-18(17)25-20/h1-13,20H,(H,22,24). The van der Waals surface area contributed by atoms with E-state index in [1.165, 1.54) is 11.8 Å². The van der Waals surface area contributed by atoms with Gasteiger partial charge in [0.05, 0.1) is 5.69 Å². The summed E-state index contributed by atoms with van der Waals surface area (Å²) in [5.41, 5.74) is 3.02. The van der Waals surface area contributed by atoms with Gasteiger partial charge in [0.2, 0.25) is 5.91 Å². The highest BCUT2D eigenvalue weighted by atomic mass is 32.2. The molecule has 1 aliphatic heterocycles. The Bertz CT molecular complexity index is 936. The van der Waals surface area contributed by atoms with Gasteiger partial charge in [-0.3, -0.25) is 9.59 Å². The third-order valence-electron chi connectivity index (χ3n) is 4.14. The highest BCUT2D eigenvalue weighted by molar-refractivity contribution is 8.00. The number of benzene rings is 3. The van der Waals surface area contributed by atoms with Crippen molar-refractivity contribution >= 4 is 29.1 Å². The fourth-order valence-electron chi connectivity index (χ4n) is 2.84. The van der Waals surface area contributed by atoms with Gasteiger partial charge in [-0.15, -0.1) is 11.8 Å². The predicted molar refractivity (Wildman–Crippen MR) is 100.0 cm³/mol. The van der Waals surface area contributed by atoms with Crippen LogP contribution in [0.3, 0.4) is 0 Å². The average Bonchev–Trinajstić information content (AvgIpc) is 2.68. The summed E-state index contributed by atoms with van der Waals surface area (Å²) in [5.74, 6) is -0.0518. The summed E-state index contributed by atoms with van der Waals surface area (Å²) in [6, 6.07) is 24.3. The molecule has 1 atom stereocenters. The highest BCUT2D eigenvalue weighted by Gasteiger charge is 2.28. The number of amides is 1. The van der Waals surface area contributed by atoms with Gasteiger partial charge >= 0.3 is 0 Å². The zero-order valence-electron chi connectivity index (χ0n) is 13.3. The van der Waals surface area contributed by atoms with Crippen LogP contribution in [0.2, 0.25) is 0 Å². The van der Waals surface area contributed by atoms with Gasteiger partial charge in [-0.2, -0.15) is 0 Å². The molecular formula is C21H15NO2S. The number of rotatable bonds is 3. The second kappa shape index (κ2) is 6.57. The van der Waals surface area contributed by atoms with Crippen molar-refractivity contribution in [3.05, 3.63) is 95.6 Å². The number of hydrogen-bond acceptors (Lipinski definition) is 3. The smallest absolute Gasteiger partial charge is 0.242 e. The first-order valence-corrected chi connectivity index (χ1v) is 8.86. The van der Waals surface area contributed by atoms with Crippen molar-refractivity contribution in [2.75, 3.05) is 5.32 Å². The number of hydrogen-bond donors (Lipinski definition) is 1. The second-order valence-electron chi connectivity index (χ2n) is 5.80. The third-order valence-corrected chi connectivity index (χ3v) is 5.47. The zero-order valence-corrected chi connectivity index (χ0v) is 14.1. The molecule has 3 nitrogen and oxygen atoms in total. The Hall–Kier alpha value is -2.85. The van der Waals surface area contributed by atoms with E-state index in [0.717, 1.165) is 16.1 Å². The van der Waals surface area contributed by atoms with Crippen LogP contribution in [0, 0.1) is 0 Å². The lowest BCUT2D eigenvalue weighted by Crippen LogP contribution is -2.23. The third kappa shape index (κ3) is 3.08. The molecule has 0 radical (unpaired) electrons. The topological polar surface area (TPSA) is 46.2 Å². The minimum absolute atomic E-state index is 0.0155. The normalized spacial score (nSPS) is 16.0. The van der Waals surface area contributed by atoms with Crippen molar-refractivity contribution in [1.82, 2.24) is 0 Å². The number of nitrogens with one attached hydrogen (secondary N) is 1. The Balaban J connectivity index is 1.59. The number of thioether (sulfide) groups is 1. The van der Waals surface area contributed by atoms with Crippen molar-refractivity contribution in [3.8, 4) is 0 Å². The van der Waals surface area contributed by atoms with Crippen molar-refractivity contribution in [1.29, 1.82) is 0 Å². The number of carbonyl (C=O) groups excluding carboxylic acids is 2. The van der Waals surface area contributed by atoms with Crippen LogP contribution in [0.1, 0.15) is 26.7 Å². The molecule has 3 aromatic rings. The first-order valence-electron chi connectivity index (χ1n) is 7.98. The maximum Gasteiger partial charge on any atom is 0.242 e. The first-order chi connectivity index (χ1) is 12.2. The van der Waals surface area contributed by atoms with Gasteiger partial charge in [-0.05, 0) is 17.7 Å². The number of para-hydroxylation sites is 1. The van der Waals surface area contributed by atoms with Crippen LogP contribution >= 0.6 is 11.8 Å². The molecule has 4 heteroatoms. The summed E-state index contributed by atoms with van der Waals surface area (Å²) in [7, 11) is 0. The maximum atomic E-state index is 12.5. The summed E-state index contributed by atoms with van der Waals surface area (Å²) in [6.45, 7) is 0. The molecule has 1 amide bonds. The lowest BCUT2D eigenvalue weighted by atomic mass is 10.0. The summed E-state index contributed by atoms with van der Waals surface area (Å²) in [5, 5.41) is 2.64. The van der Waals surface area contributed by atoms with Crippen LogP contribution in [0.5, 0.6) is 0 Å². The quantitative estimate of drug-likeness (QED) is 0.700. The molecule has 25 heavy (non-hydrogen) atoms. The van der Waals surface area contributed by atoms with E-state index >= 15 is 0 Å². The van der Waals surface area contributed by atoms with E-state index in [9.17, 15) is 9.59 Å². The zero-order chi connectivity index (χ0) is 17.2. The van der Waals surface area contributed by atoms with Crippen LogP contribution in [-0.2, 0) is 4.79 Å². The molecule has 1 heterocycles. The molecule has 4 rings (SSSR count). The van der Waals surface area contributed by atoms with E-state index in [1.807, 2.05) is 54.6 Å². The Morgan fingerprint density at radius 1 is 0.800 bits per heavy atom. The molecule has 0 spiro atoms. The van der Waals surface area contributed by atoms with E-state index < -0.39 is 0 Å². The number of ketones is 1. The van der Waals surface area contributed by atoms with Crippen LogP contribution in [0.25, 0.3) is 0 Å². The molecule has 3 aromatic carbocycles. The summed E-state index contributed by atoms with van der Waals surface area (Å²) in [6.07, 6.45) is 0. The highest BCUT2D eigenvalue weighted by Crippen LogP contribution is 2.43. The minimum atomic E-state index is -0.309. The van der Waals surface area contributed by atoms with Gasteiger partial charge in [-0.25, -0.2) is 0 Å². The number of carbonyl (C=O) groups is 2. The van der Waals surface area contributed by atoms with E-state index in [4.69, 9.17) is 0 Å². The van der Waals surface area contributed by atoms with Crippen LogP contribution in [-0.4, -0.2) is 11.7 Å². The van der Waals surface area contributed by atoms with Gasteiger partial charge < -0.3 is 5.32 Å². The Kier molecular flexibility index (Phi) is 4.12. The van der Waals surface area contributed by atoms with E-state index in [-0.39, 0.29) is 16.9 Å². The second-order valence-corrected chi connectivity index (χ2v) is 6.95. The van der Waals surface area contributed by atoms with Gasteiger partial charge in [0.1, 0.15) is 5.25 Å². The van der Waals surface area contributed by atoms with Crippen molar-refractivity contribution in [2.24, 2.45) is 0 Å². The van der Waals surface area contributed by atoms with Crippen LogP contribution < -0.4 is 5.32 Å². The van der Waals surface area contributed by atoms with Gasteiger partial charge in [0.25, 0.3) is 0 Å². The van der Waals surface area contributed by atoms with Crippen molar-refractivity contribution in [2.45, 2.75) is 10.1 Å². The Morgan fingerprint density at radius 2 is 1.44 bits per heavy atom. The fourth-order valence-corrected chi connectivity index (χ4v) is 3.95. The lowest BCUT2D eigenvalue weighted by molar-refractivity contribution is -0.115. The molecular weight excluding hydrogens is 330 g/mol.